The SMILES string of the molecule is COc1cc(C=CC(=O)OCC2OC(=O)CC2OC2OC(CO)C(O)C(O)C2O)ccc1O. The highest BCUT2D eigenvalue weighted by Gasteiger charge is 2.47. The van der Waals surface area contributed by atoms with Gasteiger partial charge in [-0.2, -0.15) is 0 Å². The molecule has 2 aliphatic rings. The van der Waals surface area contributed by atoms with Crippen molar-refractivity contribution in [1.82, 2.24) is 0 Å². The normalized spacial score (nSPS) is 32.0. The summed E-state index contributed by atoms with van der Waals surface area (Å²) in [5, 5.41) is 48.7. The minimum atomic E-state index is -1.65. The third-order valence-corrected chi connectivity index (χ3v) is 5.23. The van der Waals surface area contributed by atoms with Gasteiger partial charge >= 0.3 is 11.9 Å². The Labute approximate surface area is 188 Å². The molecule has 0 amide bonds. The molecule has 2 fully saturated rings. The topological polar surface area (TPSA) is 181 Å². The van der Waals surface area contributed by atoms with E-state index in [1.165, 1.54) is 25.3 Å². The summed E-state index contributed by atoms with van der Waals surface area (Å²) < 4.78 is 26.0. The van der Waals surface area contributed by atoms with Crippen molar-refractivity contribution in [1.29, 1.82) is 0 Å². The molecule has 5 N–H and O–H groups in total. The monoisotopic (exact) mass is 470 g/mol. The number of phenolic OH excluding ortho intramolecular Hbond substituents is 1. The lowest BCUT2D eigenvalue weighted by Gasteiger charge is -2.40. The lowest BCUT2D eigenvalue weighted by atomic mass is 9.99. The Balaban J connectivity index is 1.56. The predicted octanol–water partition coefficient (Wildman–Crippen LogP) is -1.54. The van der Waals surface area contributed by atoms with Crippen molar-refractivity contribution >= 4 is 18.0 Å². The molecule has 1 aromatic rings. The number of cyclic esters (lactones) is 1. The highest BCUT2D eigenvalue weighted by atomic mass is 16.7. The fraction of sp³-hybridized carbons (Fsp3) is 0.524. The molecule has 12 nitrogen and oxygen atoms in total. The van der Waals surface area contributed by atoms with E-state index in [1.807, 2.05) is 0 Å². The quantitative estimate of drug-likeness (QED) is 0.218. The summed E-state index contributed by atoms with van der Waals surface area (Å²) >= 11 is 0. The number of esters is 2. The van der Waals surface area contributed by atoms with E-state index in [0.29, 0.717) is 5.56 Å². The molecule has 0 saturated carbocycles. The Bertz CT molecular complexity index is 869. The van der Waals surface area contributed by atoms with Gasteiger partial charge in [-0.05, 0) is 23.8 Å². The van der Waals surface area contributed by atoms with Crippen LogP contribution in [0.3, 0.4) is 0 Å². The van der Waals surface area contributed by atoms with Gasteiger partial charge in [0.25, 0.3) is 0 Å². The average molecular weight is 470 g/mol. The summed E-state index contributed by atoms with van der Waals surface area (Å²) in [6.45, 7) is -0.985. The molecule has 7 unspecified atom stereocenters. The molecule has 0 aromatic heterocycles. The number of benzene rings is 1. The van der Waals surface area contributed by atoms with Gasteiger partial charge in [-0.25, -0.2) is 4.79 Å². The molecule has 2 heterocycles. The fourth-order valence-electron chi connectivity index (χ4n) is 3.39. The van der Waals surface area contributed by atoms with Crippen LogP contribution in [0.5, 0.6) is 11.5 Å². The largest absolute Gasteiger partial charge is 0.504 e. The Kier molecular flexibility index (Phi) is 8.24. The van der Waals surface area contributed by atoms with Gasteiger partial charge < -0.3 is 49.2 Å². The molecule has 0 spiro atoms. The minimum absolute atomic E-state index is 0.0503. The number of hydrogen-bond acceptors (Lipinski definition) is 12. The van der Waals surface area contributed by atoms with Gasteiger partial charge in [-0.1, -0.05) is 6.07 Å². The maximum absolute atomic E-state index is 12.1. The molecule has 0 aliphatic carbocycles. The Morgan fingerprint density at radius 1 is 1.18 bits per heavy atom. The van der Waals surface area contributed by atoms with Crippen LogP contribution in [0, 0.1) is 0 Å². The van der Waals surface area contributed by atoms with Crippen LogP contribution in [0.15, 0.2) is 24.3 Å². The van der Waals surface area contributed by atoms with E-state index < -0.39 is 61.5 Å². The van der Waals surface area contributed by atoms with Crippen LogP contribution < -0.4 is 4.74 Å². The summed E-state index contributed by atoms with van der Waals surface area (Å²) in [7, 11) is 1.39. The van der Waals surface area contributed by atoms with Crippen LogP contribution in [0.1, 0.15) is 12.0 Å². The molecular formula is C21H26O12. The van der Waals surface area contributed by atoms with Gasteiger partial charge in [0, 0.05) is 6.08 Å². The number of ether oxygens (including phenoxy) is 5. The fourth-order valence-corrected chi connectivity index (χ4v) is 3.39. The molecule has 7 atom stereocenters. The summed E-state index contributed by atoms with van der Waals surface area (Å²) in [5.74, 6) is -1.18. The highest BCUT2D eigenvalue weighted by Crippen LogP contribution is 2.28. The van der Waals surface area contributed by atoms with E-state index >= 15 is 0 Å². The van der Waals surface area contributed by atoms with Crippen molar-refractivity contribution in [3.8, 4) is 11.5 Å². The number of methoxy groups -OCH3 is 1. The first-order valence-corrected chi connectivity index (χ1v) is 10.1. The number of aromatic hydroxyl groups is 1. The zero-order valence-corrected chi connectivity index (χ0v) is 17.6. The average Bonchev–Trinajstić information content (AvgIpc) is 3.16. The maximum atomic E-state index is 12.1. The Morgan fingerprint density at radius 2 is 1.94 bits per heavy atom. The minimum Gasteiger partial charge on any atom is -0.504 e. The third-order valence-electron chi connectivity index (χ3n) is 5.23. The molecule has 3 rings (SSSR count). The third kappa shape index (κ3) is 5.99. The van der Waals surface area contributed by atoms with E-state index in [9.17, 15) is 35.1 Å². The van der Waals surface area contributed by atoms with Crippen molar-refractivity contribution in [3.05, 3.63) is 29.8 Å². The summed E-state index contributed by atoms with van der Waals surface area (Å²) in [6, 6.07) is 4.48. The molecule has 33 heavy (non-hydrogen) atoms. The van der Waals surface area contributed by atoms with Crippen LogP contribution in [0.4, 0.5) is 0 Å². The van der Waals surface area contributed by atoms with Gasteiger partial charge in [0.05, 0.1) is 20.1 Å². The molecule has 2 aliphatic heterocycles. The van der Waals surface area contributed by atoms with Crippen LogP contribution >= 0.6 is 0 Å². The van der Waals surface area contributed by atoms with Gasteiger partial charge in [0.15, 0.2) is 23.9 Å². The molecule has 2 saturated heterocycles. The van der Waals surface area contributed by atoms with Crippen LogP contribution in [0.25, 0.3) is 6.08 Å². The van der Waals surface area contributed by atoms with Crippen molar-refractivity contribution < 1.29 is 58.8 Å². The number of rotatable bonds is 8. The summed E-state index contributed by atoms with van der Waals surface area (Å²) in [6.07, 6.45) is -7.10. The second-order valence-corrected chi connectivity index (χ2v) is 7.50. The van der Waals surface area contributed by atoms with Crippen molar-refractivity contribution in [2.24, 2.45) is 0 Å². The van der Waals surface area contributed by atoms with E-state index in [2.05, 4.69) is 0 Å². The molecule has 182 valence electrons. The van der Waals surface area contributed by atoms with E-state index in [-0.39, 0.29) is 24.5 Å². The molecule has 12 heteroatoms. The standard InChI is InChI=1S/C21H26O12/c1-29-12-6-10(2-4-11(12)23)3-5-16(24)30-9-15-13(7-17(25)31-15)32-21-20(28)19(27)18(26)14(8-22)33-21/h2-6,13-15,18-23,26-28H,7-9H2,1H3. The Hall–Kier alpha value is -2.74. The molecular weight excluding hydrogens is 444 g/mol. The number of phenols is 1. The van der Waals surface area contributed by atoms with Crippen molar-refractivity contribution in [2.45, 2.75) is 49.3 Å². The predicted molar refractivity (Wildman–Crippen MR) is 108 cm³/mol. The summed E-state index contributed by atoms with van der Waals surface area (Å²) in [4.78, 5) is 23.8. The first kappa shape index (κ1) is 24.9. The number of aliphatic hydroxyl groups excluding tert-OH is 4. The van der Waals surface area contributed by atoms with Crippen molar-refractivity contribution in [2.75, 3.05) is 20.3 Å². The van der Waals surface area contributed by atoms with Crippen molar-refractivity contribution in [3.63, 3.8) is 0 Å². The van der Waals surface area contributed by atoms with Gasteiger partial charge in [0.1, 0.15) is 37.1 Å². The second-order valence-electron chi connectivity index (χ2n) is 7.50. The zero-order chi connectivity index (χ0) is 24.1. The van der Waals surface area contributed by atoms with Gasteiger partial charge in [-0.3, -0.25) is 4.79 Å². The van der Waals surface area contributed by atoms with Crippen LogP contribution in [-0.4, -0.2) is 101 Å². The lowest BCUT2D eigenvalue weighted by molar-refractivity contribution is -0.314. The zero-order valence-electron chi connectivity index (χ0n) is 17.6. The van der Waals surface area contributed by atoms with Crippen LogP contribution in [-0.2, 0) is 28.5 Å². The number of carbonyl (C=O) groups excluding carboxylic acids is 2. The maximum Gasteiger partial charge on any atom is 0.330 e. The Morgan fingerprint density at radius 3 is 2.64 bits per heavy atom. The molecule has 1 aromatic carbocycles. The van der Waals surface area contributed by atoms with E-state index in [4.69, 9.17) is 23.7 Å². The van der Waals surface area contributed by atoms with E-state index in [0.717, 1.165) is 6.08 Å². The molecule has 0 bridgehead atoms. The smallest absolute Gasteiger partial charge is 0.330 e. The van der Waals surface area contributed by atoms with Crippen LogP contribution in [0.2, 0.25) is 0 Å². The highest BCUT2D eigenvalue weighted by molar-refractivity contribution is 5.87. The lowest BCUT2D eigenvalue weighted by Crippen LogP contribution is -2.60. The second kappa shape index (κ2) is 10.9. The number of aliphatic hydroxyl groups is 4. The van der Waals surface area contributed by atoms with Gasteiger partial charge in [0.2, 0.25) is 0 Å². The number of carbonyl (C=O) groups is 2. The van der Waals surface area contributed by atoms with E-state index in [1.54, 1.807) is 6.07 Å². The number of hydrogen-bond donors (Lipinski definition) is 5. The first-order chi connectivity index (χ1) is 15.7. The summed E-state index contributed by atoms with van der Waals surface area (Å²) in [5.41, 5.74) is 0.567. The molecule has 0 radical (unpaired) electrons. The van der Waals surface area contributed by atoms with Gasteiger partial charge in [-0.15, -0.1) is 0 Å². The first-order valence-electron chi connectivity index (χ1n) is 10.1.